The highest BCUT2D eigenvalue weighted by Gasteiger charge is 2.28. The van der Waals surface area contributed by atoms with E-state index in [9.17, 15) is 9.90 Å². The summed E-state index contributed by atoms with van der Waals surface area (Å²) in [4.78, 5) is 14.6. The summed E-state index contributed by atoms with van der Waals surface area (Å²) in [5, 5.41) is 10.9. The van der Waals surface area contributed by atoms with E-state index in [0.717, 1.165) is 18.2 Å². The number of hydrogen-bond donors (Lipinski definition) is 1. The minimum Gasteiger partial charge on any atom is -0.504 e. The number of para-hydroxylation sites is 1. The fraction of sp³-hybridized carbons (Fsp3) is 0.533. The topological polar surface area (TPSA) is 49.8 Å². The normalized spacial score (nSPS) is 15.3. The van der Waals surface area contributed by atoms with Crippen molar-refractivity contribution >= 4 is 21.8 Å². The molecule has 1 N–H and O–H groups in total. The van der Waals surface area contributed by atoms with E-state index in [2.05, 4.69) is 15.9 Å². The van der Waals surface area contributed by atoms with Gasteiger partial charge in [0.2, 0.25) is 0 Å². The Labute approximate surface area is 127 Å². The van der Waals surface area contributed by atoms with E-state index in [1.165, 1.54) is 20.0 Å². The minimum atomic E-state index is -0.118. The number of halogens is 1. The van der Waals surface area contributed by atoms with Gasteiger partial charge in [-0.05, 0) is 25.0 Å². The number of aromatic hydroxyl groups is 1. The van der Waals surface area contributed by atoms with Crippen molar-refractivity contribution in [3.05, 3.63) is 23.8 Å². The number of amides is 1. The summed E-state index contributed by atoms with van der Waals surface area (Å²) in [6.07, 6.45) is 4.43. The maximum atomic E-state index is 12.7. The first-order chi connectivity index (χ1) is 9.69. The van der Waals surface area contributed by atoms with E-state index in [4.69, 9.17) is 4.74 Å². The van der Waals surface area contributed by atoms with E-state index < -0.39 is 0 Å². The van der Waals surface area contributed by atoms with Gasteiger partial charge in [0.1, 0.15) is 0 Å². The van der Waals surface area contributed by atoms with Crippen molar-refractivity contribution in [2.24, 2.45) is 0 Å². The van der Waals surface area contributed by atoms with Gasteiger partial charge in [-0.2, -0.15) is 0 Å². The van der Waals surface area contributed by atoms with Crippen LogP contribution in [0.1, 0.15) is 36.0 Å². The molecule has 0 unspecified atom stereocenters. The van der Waals surface area contributed by atoms with Gasteiger partial charge in [0, 0.05) is 17.9 Å². The van der Waals surface area contributed by atoms with Crippen LogP contribution in [-0.2, 0) is 0 Å². The summed E-state index contributed by atoms with van der Waals surface area (Å²) in [6, 6.07) is 5.31. The lowest BCUT2D eigenvalue weighted by atomic mass is 10.1. The van der Waals surface area contributed by atoms with E-state index in [1.807, 2.05) is 4.90 Å². The number of rotatable bonds is 5. The molecule has 4 nitrogen and oxygen atoms in total. The van der Waals surface area contributed by atoms with Gasteiger partial charge in [0.15, 0.2) is 11.5 Å². The van der Waals surface area contributed by atoms with Crippen LogP contribution in [0.3, 0.4) is 0 Å². The van der Waals surface area contributed by atoms with Crippen molar-refractivity contribution in [1.29, 1.82) is 0 Å². The Hall–Kier alpha value is -1.23. The Morgan fingerprint density at radius 3 is 2.75 bits per heavy atom. The van der Waals surface area contributed by atoms with Gasteiger partial charge in [0.05, 0.1) is 12.7 Å². The van der Waals surface area contributed by atoms with E-state index in [1.54, 1.807) is 18.2 Å². The van der Waals surface area contributed by atoms with Crippen LogP contribution < -0.4 is 4.74 Å². The molecule has 1 aromatic rings. The Kier molecular flexibility index (Phi) is 5.29. The summed E-state index contributed by atoms with van der Waals surface area (Å²) < 4.78 is 5.07. The van der Waals surface area contributed by atoms with Gasteiger partial charge < -0.3 is 14.7 Å². The zero-order valence-corrected chi connectivity index (χ0v) is 13.2. The van der Waals surface area contributed by atoms with Gasteiger partial charge in [0.25, 0.3) is 5.91 Å². The molecule has 1 aliphatic carbocycles. The second kappa shape index (κ2) is 6.97. The Bertz CT molecular complexity index is 472. The average molecular weight is 342 g/mol. The van der Waals surface area contributed by atoms with E-state index in [0.29, 0.717) is 17.9 Å². The molecule has 1 aliphatic rings. The number of carbonyl (C=O) groups excluding carboxylic acids is 1. The fourth-order valence-corrected chi connectivity index (χ4v) is 3.15. The summed E-state index contributed by atoms with van der Waals surface area (Å²) in [5.74, 6) is 0.145. The molecule has 110 valence electrons. The highest BCUT2D eigenvalue weighted by Crippen LogP contribution is 2.32. The average Bonchev–Trinajstić information content (AvgIpc) is 2.98. The van der Waals surface area contributed by atoms with Crippen molar-refractivity contribution in [2.75, 3.05) is 19.0 Å². The molecule has 0 aromatic heterocycles. The number of ether oxygens (including phenoxy) is 1. The molecular formula is C15H20BrNO3. The number of methoxy groups -OCH3 is 1. The number of phenols is 1. The summed E-state index contributed by atoms with van der Waals surface area (Å²) in [6.45, 7) is 0.653. The van der Waals surface area contributed by atoms with Crippen LogP contribution in [0, 0.1) is 0 Å². The number of benzene rings is 1. The molecule has 0 aliphatic heterocycles. The molecule has 0 bridgehead atoms. The summed E-state index contributed by atoms with van der Waals surface area (Å²) >= 11 is 3.40. The highest BCUT2D eigenvalue weighted by molar-refractivity contribution is 9.09. The molecule has 0 spiro atoms. The van der Waals surface area contributed by atoms with Crippen LogP contribution in [0.2, 0.25) is 0 Å². The van der Waals surface area contributed by atoms with Gasteiger partial charge in [-0.15, -0.1) is 0 Å². The minimum absolute atomic E-state index is 0.0717. The van der Waals surface area contributed by atoms with Crippen molar-refractivity contribution in [3.8, 4) is 11.5 Å². The molecule has 1 aromatic carbocycles. The Balaban J connectivity index is 2.27. The van der Waals surface area contributed by atoms with Gasteiger partial charge >= 0.3 is 0 Å². The largest absolute Gasteiger partial charge is 0.504 e. The fourth-order valence-electron chi connectivity index (χ4n) is 2.77. The molecule has 0 heterocycles. The van der Waals surface area contributed by atoms with Crippen molar-refractivity contribution in [3.63, 3.8) is 0 Å². The van der Waals surface area contributed by atoms with E-state index in [-0.39, 0.29) is 17.7 Å². The second-order valence-corrected chi connectivity index (χ2v) is 5.78. The van der Waals surface area contributed by atoms with Crippen LogP contribution in [-0.4, -0.2) is 40.9 Å². The molecule has 0 radical (unpaired) electrons. The van der Waals surface area contributed by atoms with Crippen LogP contribution >= 0.6 is 15.9 Å². The van der Waals surface area contributed by atoms with Gasteiger partial charge in [-0.3, -0.25) is 4.79 Å². The zero-order chi connectivity index (χ0) is 14.5. The summed E-state index contributed by atoms with van der Waals surface area (Å²) in [5.41, 5.74) is 0.317. The molecule has 0 atom stereocenters. The van der Waals surface area contributed by atoms with Crippen molar-refractivity contribution in [1.82, 2.24) is 4.90 Å². The molecule has 5 heteroatoms. The first-order valence-electron chi connectivity index (χ1n) is 6.92. The lowest BCUT2D eigenvalue weighted by Crippen LogP contribution is -2.40. The first-order valence-corrected chi connectivity index (χ1v) is 8.04. The SMILES string of the molecule is COc1cccc(C(=O)N(CCBr)C2CCCC2)c1O. The third kappa shape index (κ3) is 3.08. The number of alkyl halides is 1. The third-order valence-corrected chi connectivity index (χ3v) is 4.16. The van der Waals surface area contributed by atoms with Gasteiger partial charge in [-0.1, -0.05) is 34.8 Å². The maximum Gasteiger partial charge on any atom is 0.258 e. The predicted octanol–water partition coefficient (Wildman–Crippen LogP) is 3.18. The molecular weight excluding hydrogens is 322 g/mol. The second-order valence-electron chi connectivity index (χ2n) is 4.98. The zero-order valence-electron chi connectivity index (χ0n) is 11.6. The Morgan fingerprint density at radius 2 is 2.15 bits per heavy atom. The van der Waals surface area contributed by atoms with Crippen molar-refractivity contribution < 1.29 is 14.6 Å². The predicted molar refractivity (Wildman–Crippen MR) is 81.7 cm³/mol. The van der Waals surface area contributed by atoms with Crippen molar-refractivity contribution in [2.45, 2.75) is 31.7 Å². The molecule has 1 fully saturated rings. The maximum absolute atomic E-state index is 12.7. The van der Waals surface area contributed by atoms with Gasteiger partial charge in [-0.25, -0.2) is 0 Å². The summed E-state index contributed by atoms with van der Waals surface area (Å²) in [7, 11) is 1.48. The molecule has 20 heavy (non-hydrogen) atoms. The monoisotopic (exact) mass is 341 g/mol. The standard InChI is InChI=1S/C15H20BrNO3/c1-20-13-8-4-7-12(14(13)18)15(19)17(10-9-16)11-5-2-3-6-11/h4,7-8,11,18H,2-3,5-6,9-10H2,1H3. The number of phenolic OH excluding ortho intramolecular Hbond substituents is 1. The highest BCUT2D eigenvalue weighted by atomic mass is 79.9. The third-order valence-electron chi connectivity index (χ3n) is 3.80. The van der Waals surface area contributed by atoms with Crippen LogP contribution in [0.5, 0.6) is 11.5 Å². The molecule has 0 saturated heterocycles. The first kappa shape index (κ1) is 15.2. The lowest BCUT2D eigenvalue weighted by Gasteiger charge is -2.28. The molecule has 2 rings (SSSR count). The number of hydrogen-bond acceptors (Lipinski definition) is 3. The smallest absolute Gasteiger partial charge is 0.258 e. The quantitative estimate of drug-likeness (QED) is 0.836. The molecule has 1 saturated carbocycles. The number of nitrogens with zero attached hydrogens (tertiary/aromatic N) is 1. The number of carbonyl (C=O) groups is 1. The van der Waals surface area contributed by atoms with E-state index >= 15 is 0 Å². The van der Waals surface area contributed by atoms with Crippen LogP contribution in [0.4, 0.5) is 0 Å². The molecule has 1 amide bonds. The lowest BCUT2D eigenvalue weighted by molar-refractivity contribution is 0.0692. The van der Waals surface area contributed by atoms with Crippen LogP contribution in [0.25, 0.3) is 0 Å². The van der Waals surface area contributed by atoms with Crippen LogP contribution in [0.15, 0.2) is 18.2 Å². The Morgan fingerprint density at radius 1 is 1.45 bits per heavy atom.